The van der Waals surface area contributed by atoms with E-state index in [1.807, 2.05) is 50.4 Å². The summed E-state index contributed by atoms with van der Waals surface area (Å²) in [4.78, 5) is 18.0. The number of carbonyl (C=O) groups is 1. The van der Waals surface area contributed by atoms with Gasteiger partial charge in [-0.15, -0.1) is 0 Å². The molecule has 0 bridgehead atoms. The standard InChI is InChI=1S/C18H22N2O2/c1-3-22-17-6-4-16(5-7-17)14-18(21)20(2)13-10-15-8-11-19-12-9-15/h4-9,11-12H,3,10,13-14H2,1-2H3. The highest BCUT2D eigenvalue weighted by Gasteiger charge is 2.09. The predicted octanol–water partition coefficient (Wildman–Crippen LogP) is 2.72. The van der Waals surface area contributed by atoms with Gasteiger partial charge < -0.3 is 9.64 Å². The summed E-state index contributed by atoms with van der Waals surface area (Å²) in [6, 6.07) is 11.7. The summed E-state index contributed by atoms with van der Waals surface area (Å²) in [6.45, 7) is 3.31. The van der Waals surface area contributed by atoms with Crippen LogP contribution in [0.1, 0.15) is 18.1 Å². The third-order valence-corrected chi connectivity index (χ3v) is 3.50. The summed E-state index contributed by atoms with van der Waals surface area (Å²) < 4.78 is 5.40. The molecule has 1 amide bonds. The first kappa shape index (κ1) is 16.0. The molecule has 2 aromatic rings. The van der Waals surface area contributed by atoms with E-state index in [-0.39, 0.29) is 5.91 Å². The Balaban J connectivity index is 1.83. The largest absolute Gasteiger partial charge is 0.494 e. The molecule has 4 heteroatoms. The highest BCUT2D eigenvalue weighted by Crippen LogP contribution is 2.13. The minimum absolute atomic E-state index is 0.123. The van der Waals surface area contributed by atoms with Crippen LogP contribution in [-0.4, -0.2) is 36.0 Å². The fourth-order valence-corrected chi connectivity index (χ4v) is 2.15. The number of ether oxygens (including phenoxy) is 1. The van der Waals surface area contributed by atoms with Gasteiger partial charge in [-0.1, -0.05) is 12.1 Å². The van der Waals surface area contributed by atoms with Crippen LogP contribution in [0.2, 0.25) is 0 Å². The van der Waals surface area contributed by atoms with Crippen LogP contribution in [-0.2, 0) is 17.6 Å². The van der Waals surface area contributed by atoms with Crippen molar-refractivity contribution in [2.24, 2.45) is 0 Å². The highest BCUT2D eigenvalue weighted by molar-refractivity contribution is 5.78. The summed E-state index contributed by atoms with van der Waals surface area (Å²) in [7, 11) is 1.85. The van der Waals surface area contributed by atoms with Crippen molar-refractivity contribution < 1.29 is 9.53 Å². The van der Waals surface area contributed by atoms with Crippen LogP contribution in [0.3, 0.4) is 0 Å². The molecule has 0 saturated carbocycles. The molecule has 0 atom stereocenters. The van der Waals surface area contributed by atoms with Gasteiger partial charge in [-0.05, 0) is 48.7 Å². The predicted molar refractivity (Wildman–Crippen MR) is 86.9 cm³/mol. The minimum Gasteiger partial charge on any atom is -0.494 e. The maximum atomic E-state index is 12.2. The molecule has 0 saturated heterocycles. The van der Waals surface area contributed by atoms with E-state index >= 15 is 0 Å². The molecule has 1 aromatic carbocycles. The van der Waals surface area contributed by atoms with Gasteiger partial charge in [0.15, 0.2) is 0 Å². The van der Waals surface area contributed by atoms with Crippen LogP contribution < -0.4 is 4.74 Å². The lowest BCUT2D eigenvalue weighted by Crippen LogP contribution is -2.30. The van der Waals surface area contributed by atoms with Crippen molar-refractivity contribution in [2.45, 2.75) is 19.8 Å². The van der Waals surface area contributed by atoms with Gasteiger partial charge in [-0.25, -0.2) is 0 Å². The third kappa shape index (κ3) is 4.88. The van der Waals surface area contributed by atoms with E-state index in [9.17, 15) is 4.79 Å². The topological polar surface area (TPSA) is 42.4 Å². The first-order valence-corrected chi connectivity index (χ1v) is 7.53. The SMILES string of the molecule is CCOc1ccc(CC(=O)N(C)CCc2ccncc2)cc1. The Hall–Kier alpha value is -2.36. The molecular formula is C18H22N2O2. The Bertz CT molecular complexity index is 582. The monoisotopic (exact) mass is 298 g/mol. The van der Waals surface area contributed by atoms with Crippen LogP contribution in [0.25, 0.3) is 0 Å². The number of carbonyl (C=O) groups excluding carboxylic acids is 1. The Morgan fingerprint density at radius 2 is 1.77 bits per heavy atom. The number of rotatable bonds is 7. The normalized spacial score (nSPS) is 10.3. The van der Waals surface area contributed by atoms with Crippen molar-refractivity contribution in [3.05, 3.63) is 59.9 Å². The first-order valence-electron chi connectivity index (χ1n) is 7.53. The first-order chi connectivity index (χ1) is 10.7. The summed E-state index contributed by atoms with van der Waals surface area (Å²) >= 11 is 0. The van der Waals surface area contributed by atoms with Gasteiger partial charge in [-0.2, -0.15) is 0 Å². The number of hydrogen-bond donors (Lipinski definition) is 0. The smallest absolute Gasteiger partial charge is 0.226 e. The Morgan fingerprint density at radius 3 is 2.41 bits per heavy atom. The Kier molecular flexibility index (Phi) is 5.95. The number of likely N-dealkylation sites (N-methyl/N-ethyl adjacent to an activating group) is 1. The van der Waals surface area contributed by atoms with Crippen LogP contribution in [0.5, 0.6) is 5.75 Å². The van der Waals surface area contributed by atoms with Crippen LogP contribution in [0.15, 0.2) is 48.8 Å². The van der Waals surface area contributed by atoms with Crippen LogP contribution in [0.4, 0.5) is 0 Å². The van der Waals surface area contributed by atoms with Crippen LogP contribution in [0, 0.1) is 0 Å². The molecule has 0 aliphatic rings. The lowest BCUT2D eigenvalue weighted by Gasteiger charge is -2.17. The number of pyridine rings is 1. The number of hydrogen-bond acceptors (Lipinski definition) is 3. The fraction of sp³-hybridized carbons (Fsp3) is 0.333. The Morgan fingerprint density at radius 1 is 1.09 bits per heavy atom. The van der Waals surface area contributed by atoms with Gasteiger partial charge in [0.1, 0.15) is 5.75 Å². The molecule has 0 spiro atoms. The van der Waals surface area contributed by atoms with E-state index < -0.39 is 0 Å². The summed E-state index contributed by atoms with van der Waals surface area (Å²) in [5, 5.41) is 0. The number of benzene rings is 1. The van der Waals surface area contributed by atoms with Crippen molar-refractivity contribution >= 4 is 5.91 Å². The van der Waals surface area contributed by atoms with Gasteiger partial charge in [-0.3, -0.25) is 9.78 Å². The zero-order chi connectivity index (χ0) is 15.8. The second kappa shape index (κ2) is 8.17. The van der Waals surface area contributed by atoms with Crippen molar-refractivity contribution in [2.75, 3.05) is 20.2 Å². The van der Waals surface area contributed by atoms with E-state index in [1.54, 1.807) is 17.3 Å². The molecule has 1 heterocycles. The average molecular weight is 298 g/mol. The van der Waals surface area contributed by atoms with E-state index in [1.165, 1.54) is 5.56 Å². The van der Waals surface area contributed by atoms with E-state index in [0.717, 1.165) is 17.7 Å². The van der Waals surface area contributed by atoms with Crippen molar-refractivity contribution in [3.8, 4) is 5.75 Å². The van der Waals surface area contributed by atoms with E-state index in [0.29, 0.717) is 19.6 Å². The van der Waals surface area contributed by atoms with Gasteiger partial charge in [0.2, 0.25) is 5.91 Å². The number of nitrogens with zero attached hydrogens (tertiary/aromatic N) is 2. The lowest BCUT2D eigenvalue weighted by atomic mass is 10.1. The quantitative estimate of drug-likeness (QED) is 0.789. The molecule has 116 valence electrons. The number of amides is 1. The molecule has 0 radical (unpaired) electrons. The summed E-state index contributed by atoms with van der Waals surface area (Å²) in [5.74, 6) is 0.961. The van der Waals surface area contributed by atoms with Gasteiger partial charge in [0, 0.05) is 26.0 Å². The molecule has 0 fully saturated rings. The number of aromatic nitrogens is 1. The lowest BCUT2D eigenvalue weighted by molar-refractivity contribution is -0.129. The molecular weight excluding hydrogens is 276 g/mol. The van der Waals surface area contributed by atoms with Crippen LogP contribution >= 0.6 is 0 Å². The highest BCUT2D eigenvalue weighted by atomic mass is 16.5. The van der Waals surface area contributed by atoms with Crippen molar-refractivity contribution in [1.29, 1.82) is 0 Å². The van der Waals surface area contributed by atoms with Crippen molar-refractivity contribution in [1.82, 2.24) is 9.88 Å². The van der Waals surface area contributed by atoms with Gasteiger partial charge >= 0.3 is 0 Å². The maximum absolute atomic E-state index is 12.2. The molecule has 0 N–H and O–H groups in total. The Labute approximate surface area is 131 Å². The molecule has 22 heavy (non-hydrogen) atoms. The molecule has 0 unspecified atom stereocenters. The molecule has 1 aromatic heterocycles. The second-order valence-electron chi connectivity index (χ2n) is 5.17. The summed E-state index contributed by atoms with van der Waals surface area (Å²) in [5.41, 5.74) is 2.19. The average Bonchev–Trinajstić information content (AvgIpc) is 2.55. The van der Waals surface area contributed by atoms with Crippen molar-refractivity contribution in [3.63, 3.8) is 0 Å². The second-order valence-corrected chi connectivity index (χ2v) is 5.17. The maximum Gasteiger partial charge on any atom is 0.226 e. The zero-order valence-electron chi connectivity index (χ0n) is 13.2. The summed E-state index contributed by atoms with van der Waals surface area (Å²) in [6.07, 6.45) is 4.81. The molecule has 2 rings (SSSR count). The van der Waals surface area contributed by atoms with Gasteiger partial charge in [0.05, 0.1) is 13.0 Å². The van der Waals surface area contributed by atoms with E-state index in [4.69, 9.17) is 4.74 Å². The molecule has 4 nitrogen and oxygen atoms in total. The molecule has 0 aliphatic heterocycles. The molecule has 0 aliphatic carbocycles. The zero-order valence-corrected chi connectivity index (χ0v) is 13.2. The third-order valence-electron chi connectivity index (χ3n) is 3.50. The fourth-order valence-electron chi connectivity index (χ4n) is 2.15. The minimum atomic E-state index is 0.123. The van der Waals surface area contributed by atoms with Gasteiger partial charge in [0.25, 0.3) is 0 Å². The van der Waals surface area contributed by atoms with E-state index in [2.05, 4.69) is 4.98 Å².